The van der Waals surface area contributed by atoms with Crippen LogP contribution < -0.4 is 10.6 Å². The van der Waals surface area contributed by atoms with Crippen LogP contribution in [-0.4, -0.2) is 31.5 Å². The summed E-state index contributed by atoms with van der Waals surface area (Å²) < 4.78 is 1.59. The Morgan fingerprint density at radius 2 is 2.17 bits per heavy atom. The lowest BCUT2D eigenvalue weighted by molar-refractivity contribution is 0.0944. The molecule has 0 aliphatic rings. The van der Waals surface area contributed by atoms with Gasteiger partial charge >= 0.3 is 0 Å². The molecule has 7 heteroatoms. The van der Waals surface area contributed by atoms with E-state index in [1.165, 1.54) is 6.20 Å². The zero-order valence-corrected chi connectivity index (χ0v) is 13.9. The van der Waals surface area contributed by atoms with Crippen LogP contribution in [0.15, 0.2) is 36.8 Å². The van der Waals surface area contributed by atoms with Crippen LogP contribution in [0.5, 0.6) is 0 Å². The molecule has 7 nitrogen and oxygen atoms in total. The van der Waals surface area contributed by atoms with E-state index in [4.69, 9.17) is 0 Å². The smallest absolute Gasteiger partial charge is 0.256 e. The third kappa shape index (κ3) is 3.34. The third-order valence-corrected chi connectivity index (χ3v) is 3.59. The van der Waals surface area contributed by atoms with Crippen molar-refractivity contribution in [1.82, 2.24) is 24.9 Å². The minimum atomic E-state index is -0.176. The van der Waals surface area contributed by atoms with Gasteiger partial charge in [-0.3, -0.25) is 9.78 Å². The molecule has 0 fully saturated rings. The van der Waals surface area contributed by atoms with Gasteiger partial charge in [0.25, 0.3) is 5.91 Å². The molecule has 0 unspecified atom stereocenters. The second-order valence-corrected chi connectivity index (χ2v) is 5.89. The number of aromatic nitrogens is 4. The standard InChI is InChI=1S/C17H20N6O/c1-11(2)21-17(24)13-9-20-23-8-6-15(22-16(13)23)19-10-14-12(3)5-4-7-18-14/h4-9,11H,10H2,1-3H3,(H,19,22)(H,21,24). The van der Waals surface area contributed by atoms with E-state index in [2.05, 4.69) is 25.7 Å². The number of aryl methyl sites for hydroxylation is 1. The van der Waals surface area contributed by atoms with E-state index in [0.29, 0.717) is 23.6 Å². The average molecular weight is 324 g/mol. The lowest BCUT2D eigenvalue weighted by Crippen LogP contribution is -2.30. The van der Waals surface area contributed by atoms with Gasteiger partial charge < -0.3 is 10.6 Å². The maximum absolute atomic E-state index is 12.2. The van der Waals surface area contributed by atoms with Crippen molar-refractivity contribution in [2.24, 2.45) is 0 Å². The van der Waals surface area contributed by atoms with Gasteiger partial charge in [-0.2, -0.15) is 5.10 Å². The Morgan fingerprint density at radius 1 is 1.33 bits per heavy atom. The lowest BCUT2D eigenvalue weighted by Gasteiger charge is -2.09. The highest BCUT2D eigenvalue weighted by Crippen LogP contribution is 2.13. The van der Waals surface area contributed by atoms with Crippen LogP contribution in [0, 0.1) is 6.92 Å². The van der Waals surface area contributed by atoms with Crippen LogP contribution in [0.3, 0.4) is 0 Å². The number of hydrogen-bond donors (Lipinski definition) is 2. The van der Waals surface area contributed by atoms with Gasteiger partial charge in [0.15, 0.2) is 5.65 Å². The largest absolute Gasteiger partial charge is 0.364 e. The first-order valence-electron chi connectivity index (χ1n) is 7.84. The molecular weight excluding hydrogens is 304 g/mol. The summed E-state index contributed by atoms with van der Waals surface area (Å²) in [4.78, 5) is 21.1. The summed E-state index contributed by atoms with van der Waals surface area (Å²) in [6.07, 6.45) is 5.08. The van der Waals surface area contributed by atoms with Crippen LogP contribution in [0.1, 0.15) is 35.5 Å². The Labute approximate surface area is 140 Å². The van der Waals surface area contributed by atoms with E-state index in [-0.39, 0.29) is 11.9 Å². The summed E-state index contributed by atoms with van der Waals surface area (Å²) in [6.45, 7) is 6.42. The van der Waals surface area contributed by atoms with Crippen LogP contribution in [-0.2, 0) is 6.54 Å². The normalized spacial score (nSPS) is 11.0. The Hall–Kier alpha value is -2.96. The Kier molecular flexibility index (Phi) is 4.41. The predicted octanol–water partition coefficient (Wildman–Crippen LogP) is 2.18. The molecule has 2 N–H and O–H groups in total. The van der Waals surface area contributed by atoms with Crippen molar-refractivity contribution in [3.8, 4) is 0 Å². The predicted molar refractivity (Wildman–Crippen MR) is 91.9 cm³/mol. The molecule has 0 aliphatic carbocycles. The molecule has 0 bridgehead atoms. The first kappa shape index (κ1) is 15.9. The van der Waals surface area contributed by atoms with Gasteiger partial charge in [0, 0.05) is 18.4 Å². The molecule has 0 radical (unpaired) electrons. The van der Waals surface area contributed by atoms with E-state index in [1.54, 1.807) is 16.9 Å². The molecule has 3 rings (SSSR count). The Morgan fingerprint density at radius 3 is 2.92 bits per heavy atom. The topological polar surface area (TPSA) is 84.2 Å². The lowest BCUT2D eigenvalue weighted by atomic mass is 10.2. The van der Waals surface area contributed by atoms with Crippen molar-refractivity contribution >= 4 is 17.4 Å². The minimum absolute atomic E-state index is 0.0564. The molecule has 3 heterocycles. The number of amides is 1. The number of nitrogens with one attached hydrogen (secondary N) is 2. The fourth-order valence-corrected chi connectivity index (χ4v) is 2.35. The summed E-state index contributed by atoms with van der Waals surface area (Å²) in [7, 11) is 0. The summed E-state index contributed by atoms with van der Waals surface area (Å²) >= 11 is 0. The average Bonchev–Trinajstić information content (AvgIpc) is 2.96. The van der Waals surface area contributed by atoms with Crippen LogP contribution >= 0.6 is 0 Å². The van der Waals surface area contributed by atoms with E-state index >= 15 is 0 Å². The minimum Gasteiger partial charge on any atom is -0.364 e. The zero-order valence-electron chi connectivity index (χ0n) is 13.9. The number of carbonyl (C=O) groups excluding carboxylic acids is 1. The maximum Gasteiger partial charge on any atom is 0.256 e. The summed E-state index contributed by atoms with van der Waals surface area (Å²) in [6, 6.07) is 5.81. The van der Waals surface area contributed by atoms with Crippen molar-refractivity contribution in [3.63, 3.8) is 0 Å². The van der Waals surface area contributed by atoms with Crippen molar-refractivity contribution in [2.45, 2.75) is 33.4 Å². The van der Waals surface area contributed by atoms with Crippen molar-refractivity contribution in [2.75, 3.05) is 5.32 Å². The monoisotopic (exact) mass is 324 g/mol. The van der Waals surface area contributed by atoms with Gasteiger partial charge in [0.1, 0.15) is 11.4 Å². The van der Waals surface area contributed by atoms with E-state index in [0.717, 1.165) is 11.3 Å². The van der Waals surface area contributed by atoms with Crippen LogP contribution in [0.25, 0.3) is 5.65 Å². The fraction of sp³-hybridized carbons (Fsp3) is 0.294. The summed E-state index contributed by atoms with van der Waals surface area (Å²) in [5, 5.41) is 10.3. The second-order valence-electron chi connectivity index (χ2n) is 5.89. The molecule has 124 valence electrons. The highest BCUT2D eigenvalue weighted by molar-refractivity contribution is 5.99. The van der Waals surface area contributed by atoms with Crippen LogP contribution in [0.2, 0.25) is 0 Å². The zero-order chi connectivity index (χ0) is 17.1. The van der Waals surface area contributed by atoms with Gasteiger partial charge in [-0.15, -0.1) is 0 Å². The SMILES string of the molecule is Cc1cccnc1CNc1ccn2ncc(C(=O)NC(C)C)c2n1. The third-order valence-electron chi connectivity index (χ3n) is 3.59. The molecule has 0 atom stereocenters. The molecule has 24 heavy (non-hydrogen) atoms. The molecule has 0 aliphatic heterocycles. The van der Waals surface area contributed by atoms with Gasteiger partial charge in [0.2, 0.25) is 0 Å². The first-order valence-corrected chi connectivity index (χ1v) is 7.84. The Balaban J connectivity index is 1.82. The molecule has 3 aromatic heterocycles. The van der Waals surface area contributed by atoms with Crippen molar-refractivity contribution in [3.05, 3.63) is 53.6 Å². The number of nitrogens with zero attached hydrogens (tertiary/aromatic N) is 4. The van der Waals surface area contributed by atoms with E-state index in [1.807, 2.05) is 39.0 Å². The number of hydrogen-bond acceptors (Lipinski definition) is 5. The van der Waals surface area contributed by atoms with Gasteiger partial charge in [-0.1, -0.05) is 6.07 Å². The van der Waals surface area contributed by atoms with E-state index in [9.17, 15) is 4.79 Å². The molecule has 1 amide bonds. The number of fused-ring (bicyclic) bond motifs is 1. The number of anilines is 1. The molecule has 0 saturated heterocycles. The second kappa shape index (κ2) is 6.66. The van der Waals surface area contributed by atoms with Crippen LogP contribution in [0.4, 0.5) is 5.82 Å². The maximum atomic E-state index is 12.2. The molecule has 3 aromatic rings. The summed E-state index contributed by atoms with van der Waals surface area (Å²) in [5.74, 6) is 0.497. The first-order chi connectivity index (χ1) is 11.5. The molecule has 0 spiro atoms. The fourth-order valence-electron chi connectivity index (χ4n) is 2.35. The highest BCUT2D eigenvalue weighted by atomic mass is 16.1. The number of pyridine rings is 1. The van der Waals surface area contributed by atoms with Crippen molar-refractivity contribution in [1.29, 1.82) is 0 Å². The van der Waals surface area contributed by atoms with Gasteiger partial charge in [-0.05, 0) is 38.5 Å². The molecular formula is C17H20N6O. The van der Waals surface area contributed by atoms with Gasteiger partial charge in [-0.25, -0.2) is 9.50 Å². The number of rotatable bonds is 5. The molecule has 0 saturated carbocycles. The van der Waals surface area contributed by atoms with E-state index < -0.39 is 0 Å². The quantitative estimate of drug-likeness (QED) is 0.751. The number of carbonyl (C=O) groups is 1. The molecule has 0 aromatic carbocycles. The summed E-state index contributed by atoms with van der Waals surface area (Å²) in [5.41, 5.74) is 3.06. The highest BCUT2D eigenvalue weighted by Gasteiger charge is 2.15. The van der Waals surface area contributed by atoms with Gasteiger partial charge in [0.05, 0.1) is 18.4 Å². The Bertz CT molecular complexity index is 870. The van der Waals surface area contributed by atoms with Crippen molar-refractivity contribution < 1.29 is 4.79 Å².